The van der Waals surface area contributed by atoms with Crippen LogP contribution in [-0.4, -0.2) is 18.1 Å². The summed E-state index contributed by atoms with van der Waals surface area (Å²) in [7, 11) is 1.56. The molecule has 0 unspecified atom stereocenters. The third-order valence-corrected chi connectivity index (χ3v) is 3.86. The molecule has 0 aromatic heterocycles. The van der Waals surface area contributed by atoms with E-state index in [9.17, 15) is 4.79 Å². The van der Waals surface area contributed by atoms with Gasteiger partial charge in [-0.1, -0.05) is 31.5 Å². The number of rotatable bonds is 6. The van der Waals surface area contributed by atoms with Crippen LogP contribution in [0.1, 0.15) is 35.7 Å². The molecule has 0 fully saturated rings. The summed E-state index contributed by atoms with van der Waals surface area (Å²) >= 11 is 5.19. The van der Waals surface area contributed by atoms with Crippen molar-refractivity contribution in [1.82, 2.24) is 10.9 Å². The number of methoxy groups -OCH3 is 1. The molecule has 0 radical (unpaired) electrons. The zero-order valence-corrected chi connectivity index (χ0v) is 15.3. The van der Waals surface area contributed by atoms with Gasteiger partial charge in [0.2, 0.25) is 0 Å². The highest BCUT2D eigenvalue weighted by atomic mass is 32.1. The summed E-state index contributed by atoms with van der Waals surface area (Å²) in [5, 5.41) is 3.35. The van der Waals surface area contributed by atoms with E-state index < -0.39 is 0 Å². The first-order chi connectivity index (χ1) is 12.1. The topological polar surface area (TPSA) is 62.4 Å². The van der Waals surface area contributed by atoms with E-state index in [0.29, 0.717) is 16.4 Å². The van der Waals surface area contributed by atoms with E-state index in [1.807, 2.05) is 12.1 Å². The van der Waals surface area contributed by atoms with Gasteiger partial charge in [-0.3, -0.25) is 15.6 Å². The van der Waals surface area contributed by atoms with Gasteiger partial charge >= 0.3 is 0 Å². The second kappa shape index (κ2) is 9.64. The fourth-order valence-electron chi connectivity index (χ4n) is 2.25. The lowest BCUT2D eigenvalue weighted by Gasteiger charge is -2.12. The maximum atomic E-state index is 12.1. The first-order valence-electron chi connectivity index (χ1n) is 8.22. The fraction of sp³-hybridized carbons (Fsp3) is 0.263. The molecule has 0 heterocycles. The zero-order chi connectivity index (χ0) is 18.1. The maximum absolute atomic E-state index is 12.1. The van der Waals surface area contributed by atoms with Crippen molar-refractivity contribution in [1.29, 1.82) is 0 Å². The number of thiocarbonyl (C=S) groups is 1. The van der Waals surface area contributed by atoms with Crippen LogP contribution in [0.15, 0.2) is 48.5 Å². The van der Waals surface area contributed by atoms with Crippen molar-refractivity contribution in [2.45, 2.75) is 26.2 Å². The molecule has 2 aromatic carbocycles. The predicted molar refractivity (Wildman–Crippen MR) is 105 cm³/mol. The summed E-state index contributed by atoms with van der Waals surface area (Å²) in [6, 6.07) is 15.0. The number of anilines is 1. The van der Waals surface area contributed by atoms with Gasteiger partial charge in [0.15, 0.2) is 5.11 Å². The van der Waals surface area contributed by atoms with Gasteiger partial charge in [0, 0.05) is 11.3 Å². The first-order valence-corrected chi connectivity index (χ1v) is 8.63. The van der Waals surface area contributed by atoms with Gasteiger partial charge in [0.25, 0.3) is 5.91 Å². The Hall–Kier alpha value is -2.60. The average Bonchev–Trinajstić information content (AvgIpc) is 2.65. The van der Waals surface area contributed by atoms with Gasteiger partial charge < -0.3 is 10.1 Å². The molecular formula is C19H23N3O2S. The number of carbonyl (C=O) groups is 1. The Balaban J connectivity index is 1.82. The van der Waals surface area contributed by atoms with E-state index in [4.69, 9.17) is 17.0 Å². The Kier molecular flexibility index (Phi) is 7.22. The summed E-state index contributed by atoms with van der Waals surface area (Å²) in [5.41, 5.74) is 7.91. The molecule has 0 saturated carbocycles. The zero-order valence-electron chi connectivity index (χ0n) is 14.5. The molecule has 2 rings (SSSR count). The largest absolute Gasteiger partial charge is 0.497 e. The Bertz CT molecular complexity index is 717. The lowest BCUT2D eigenvalue weighted by molar-refractivity contribution is 0.0944. The smallest absolute Gasteiger partial charge is 0.269 e. The van der Waals surface area contributed by atoms with Crippen molar-refractivity contribution < 1.29 is 9.53 Å². The number of unbranched alkanes of at least 4 members (excludes halogenated alkanes) is 1. The predicted octanol–water partition coefficient (Wildman–Crippen LogP) is 3.67. The third-order valence-electron chi connectivity index (χ3n) is 3.65. The molecule has 3 N–H and O–H groups in total. The van der Waals surface area contributed by atoms with Gasteiger partial charge in [-0.15, -0.1) is 0 Å². The average molecular weight is 357 g/mol. The van der Waals surface area contributed by atoms with Gasteiger partial charge in [-0.05, 0) is 61.0 Å². The van der Waals surface area contributed by atoms with Crippen LogP contribution in [-0.2, 0) is 6.42 Å². The van der Waals surface area contributed by atoms with Gasteiger partial charge in [0.1, 0.15) is 5.75 Å². The van der Waals surface area contributed by atoms with Crippen molar-refractivity contribution in [2.75, 3.05) is 12.4 Å². The normalized spacial score (nSPS) is 10.0. The Morgan fingerprint density at radius 2 is 1.88 bits per heavy atom. The van der Waals surface area contributed by atoms with Crippen LogP contribution in [0.4, 0.5) is 5.69 Å². The number of ether oxygens (including phenoxy) is 1. The molecule has 0 aliphatic heterocycles. The molecule has 5 nitrogen and oxygen atoms in total. The van der Waals surface area contributed by atoms with Crippen LogP contribution >= 0.6 is 12.2 Å². The number of amides is 1. The molecule has 0 saturated heterocycles. The number of benzene rings is 2. The van der Waals surface area contributed by atoms with Gasteiger partial charge in [0.05, 0.1) is 7.11 Å². The Labute approximate surface area is 153 Å². The minimum Gasteiger partial charge on any atom is -0.497 e. The lowest BCUT2D eigenvalue weighted by atomic mass is 10.1. The lowest BCUT2D eigenvalue weighted by Crippen LogP contribution is -2.43. The van der Waals surface area contributed by atoms with Gasteiger partial charge in [-0.2, -0.15) is 0 Å². The van der Waals surface area contributed by atoms with E-state index in [2.05, 4.69) is 35.2 Å². The van der Waals surface area contributed by atoms with E-state index in [1.54, 1.807) is 31.4 Å². The number of carbonyl (C=O) groups excluding carboxylic acids is 1. The van der Waals surface area contributed by atoms with E-state index >= 15 is 0 Å². The van der Waals surface area contributed by atoms with Crippen molar-refractivity contribution in [3.63, 3.8) is 0 Å². The van der Waals surface area contributed by atoms with Gasteiger partial charge in [-0.25, -0.2) is 0 Å². The number of hydrogen-bond acceptors (Lipinski definition) is 3. The van der Waals surface area contributed by atoms with Crippen LogP contribution in [0.2, 0.25) is 0 Å². The molecule has 132 valence electrons. The molecule has 0 bridgehead atoms. The quantitative estimate of drug-likeness (QED) is 0.544. The molecule has 1 amide bonds. The molecule has 0 aliphatic carbocycles. The summed E-state index contributed by atoms with van der Waals surface area (Å²) in [5.74, 6) is 0.328. The minimum atomic E-state index is -0.294. The summed E-state index contributed by atoms with van der Waals surface area (Å²) in [4.78, 5) is 12.1. The number of hydrogen-bond donors (Lipinski definition) is 3. The van der Waals surface area contributed by atoms with E-state index in [0.717, 1.165) is 12.1 Å². The molecule has 0 aliphatic rings. The second-order valence-electron chi connectivity index (χ2n) is 5.57. The van der Waals surface area contributed by atoms with Crippen LogP contribution in [0.25, 0.3) is 0 Å². The van der Waals surface area contributed by atoms with E-state index in [1.165, 1.54) is 18.4 Å². The second-order valence-corrected chi connectivity index (χ2v) is 5.97. The van der Waals surface area contributed by atoms with Crippen molar-refractivity contribution in [3.05, 3.63) is 59.7 Å². The highest BCUT2D eigenvalue weighted by Gasteiger charge is 2.07. The molecule has 0 spiro atoms. The standard InChI is InChI=1S/C19H23N3O2S/c1-3-4-6-14-9-11-16(12-10-14)20-19(25)22-21-18(23)15-7-5-8-17(13-15)24-2/h5,7-13H,3-4,6H2,1-2H3,(H,21,23)(H2,20,22,25). The molecular weight excluding hydrogens is 334 g/mol. The monoisotopic (exact) mass is 357 g/mol. The molecule has 6 heteroatoms. The molecule has 0 atom stereocenters. The third kappa shape index (κ3) is 6.08. The summed E-state index contributed by atoms with van der Waals surface area (Å²) < 4.78 is 5.11. The minimum absolute atomic E-state index is 0.294. The number of hydrazine groups is 1. The van der Waals surface area contributed by atoms with Crippen molar-refractivity contribution in [3.8, 4) is 5.75 Å². The van der Waals surface area contributed by atoms with Crippen molar-refractivity contribution in [2.24, 2.45) is 0 Å². The van der Waals surface area contributed by atoms with Crippen molar-refractivity contribution >= 4 is 28.9 Å². The summed E-state index contributed by atoms with van der Waals surface area (Å²) in [6.07, 6.45) is 3.44. The maximum Gasteiger partial charge on any atom is 0.269 e. The number of aryl methyl sites for hydroxylation is 1. The molecule has 2 aromatic rings. The Morgan fingerprint density at radius 1 is 1.12 bits per heavy atom. The number of nitrogens with one attached hydrogen (secondary N) is 3. The highest BCUT2D eigenvalue weighted by Crippen LogP contribution is 2.13. The van der Waals surface area contributed by atoms with Crippen LogP contribution < -0.4 is 20.9 Å². The van der Waals surface area contributed by atoms with Crippen LogP contribution in [0.5, 0.6) is 5.75 Å². The first kappa shape index (κ1) is 18.7. The SMILES string of the molecule is CCCCc1ccc(NC(=S)NNC(=O)c2cccc(OC)c2)cc1. The summed E-state index contributed by atoms with van der Waals surface area (Å²) in [6.45, 7) is 2.18. The fourth-order valence-corrected chi connectivity index (χ4v) is 2.42. The Morgan fingerprint density at radius 3 is 2.56 bits per heavy atom. The highest BCUT2D eigenvalue weighted by molar-refractivity contribution is 7.80. The van der Waals surface area contributed by atoms with Crippen LogP contribution in [0, 0.1) is 0 Å². The van der Waals surface area contributed by atoms with Crippen LogP contribution in [0.3, 0.4) is 0 Å². The van der Waals surface area contributed by atoms with E-state index in [-0.39, 0.29) is 5.91 Å². The molecule has 25 heavy (non-hydrogen) atoms.